The molecule has 0 saturated carbocycles. The Morgan fingerprint density at radius 1 is 1.38 bits per heavy atom. The zero-order valence-electron chi connectivity index (χ0n) is 9.54. The summed E-state index contributed by atoms with van der Waals surface area (Å²) in [5.74, 6) is 0.293. The molecule has 0 atom stereocenters. The molecule has 0 unspecified atom stereocenters. The number of carbonyl (C=O) groups is 1. The lowest BCUT2D eigenvalue weighted by molar-refractivity contribution is -0.119. The minimum Gasteiger partial charge on any atom is -0.377 e. The Balaban J connectivity index is 2.17. The third-order valence-electron chi connectivity index (χ3n) is 2.35. The number of benzene rings is 1. The molecule has 0 aromatic heterocycles. The van der Waals surface area contributed by atoms with E-state index in [1.54, 1.807) is 0 Å². The summed E-state index contributed by atoms with van der Waals surface area (Å²) < 4.78 is 5.46. The predicted molar refractivity (Wildman–Crippen MR) is 65.6 cm³/mol. The van der Waals surface area contributed by atoms with E-state index < -0.39 is 0 Å². The van der Waals surface area contributed by atoms with Crippen molar-refractivity contribution in [3.05, 3.63) is 34.9 Å². The van der Waals surface area contributed by atoms with E-state index in [0.29, 0.717) is 31.8 Å². The van der Waals surface area contributed by atoms with Gasteiger partial charge in [-0.05, 0) is 18.1 Å². The predicted octanol–water partition coefficient (Wildman–Crippen LogP) is 3.62. The highest BCUT2D eigenvalue weighted by molar-refractivity contribution is 6.31. The summed E-state index contributed by atoms with van der Waals surface area (Å²) in [7, 11) is 0. The number of hydrogen-bond donors (Lipinski definition) is 0. The van der Waals surface area contributed by atoms with Crippen LogP contribution in [0.3, 0.4) is 0 Å². The summed E-state index contributed by atoms with van der Waals surface area (Å²) in [5.41, 5.74) is 0.992. The quantitative estimate of drug-likeness (QED) is 0.681. The lowest BCUT2D eigenvalue weighted by atomic mass is 10.2. The number of carbonyl (C=O) groups excluding carboxylic acids is 1. The summed E-state index contributed by atoms with van der Waals surface area (Å²) in [5, 5.41) is 0.729. The van der Waals surface area contributed by atoms with Crippen LogP contribution in [0.2, 0.25) is 5.02 Å². The van der Waals surface area contributed by atoms with E-state index in [9.17, 15) is 4.79 Å². The molecule has 0 spiro atoms. The van der Waals surface area contributed by atoms with E-state index in [2.05, 4.69) is 0 Å². The highest BCUT2D eigenvalue weighted by atomic mass is 35.5. The zero-order valence-corrected chi connectivity index (χ0v) is 10.3. The maximum atomic E-state index is 11.0. The maximum Gasteiger partial charge on any atom is 0.132 e. The van der Waals surface area contributed by atoms with E-state index in [0.717, 1.165) is 17.0 Å². The third kappa shape index (κ3) is 4.77. The van der Waals surface area contributed by atoms with E-state index in [-0.39, 0.29) is 0 Å². The van der Waals surface area contributed by atoms with Crippen molar-refractivity contribution in [2.75, 3.05) is 6.61 Å². The van der Waals surface area contributed by atoms with Gasteiger partial charge < -0.3 is 4.74 Å². The Hall–Kier alpha value is -0.860. The van der Waals surface area contributed by atoms with E-state index in [4.69, 9.17) is 16.3 Å². The first-order valence-corrected chi connectivity index (χ1v) is 5.94. The number of rotatable bonds is 7. The van der Waals surface area contributed by atoms with Gasteiger partial charge in [-0.25, -0.2) is 0 Å². The van der Waals surface area contributed by atoms with Gasteiger partial charge in [-0.15, -0.1) is 0 Å². The van der Waals surface area contributed by atoms with Gasteiger partial charge >= 0.3 is 0 Å². The SMILES string of the molecule is CCC(=O)CCCOCc1ccccc1Cl. The van der Waals surface area contributed by atoms with Gasteiger partial charge in [0.1, 0.15) is 5.78 Å². The van der Waals surface area contributed by atoms with Crippen LogP contribution in [0.5, 0.6) is 0 Å². The largest absolute Gasteiger partial charge is 0.377 e. The molecule has 0 amide bonds. The molecule has 0 fully saturated rings. The molecule has 0 aliphatic carbocycles. The lowest BCUT2D eigenvalue weighted by Gasteiger charge is -2.05. The summed E-state index contributed by atoms with van der Waals surface area (Å²) >= 11 is 5.98. The molecule has 0 bridgehead atoms. The van der Waals surface area contributed by atoms with Crippen molar-refractivity contribution in [2.24, 2.45) is 0 Å². The van der Waals surface area contributed by atoms with Gasteiger partial charge in [0.15, 0.2) is 0 Å². The molecule has 0 N–H and O–H groups in total. The molecule has 1 rings (SSSR count). The standard InChI is InChI=1S/C13H17ClO2/c1-2-12(15)7-5-9-16-10-11-6-3-4-8-13(11)14/h3-4,6,8H,2,5,7,9-10H2,1H3. The highest BCUT2D eigenvalue weighted by Crippen LogP contribution is 2.15. The molecule has 1 aromatic rings. The summed E-state index contributed by atoms with van der Waals surface area (Å²) in [6, 6.07) is 7.62. The second-order valence-corrected chi connectivity index (χ2v) is 4.05. The first kappa shape index (κ1) is 13.2. The van der Waals surface area contributed by atoms with Crippen LogP contribution < -0.4 is 0 Å². The summed E-state index contributed by atoms with van der Waals surface area (Å²) in [4.78, 5) is 11.0. The first-order valence-electron chi connectivity index (χ1n) is 5.57. The van der Waals surface area contributed by atoms with Crippen LogP contribution >= 0.6 is 11.6 Å². The van der Waals surface area contributed by atoms with Crippen molar-refractivity contribution in [1.29, 1.82) is 0 Å². The molecular formula is C13H17ClO2. The molecule has 0 aliphatic heterocycles. The lowest BCUT2D eigenvalue weighted by Crippen LogP contribution is -2.00. The minimum atomic E-state index is 0.293. The van der Waals surface area contributed by atoms with Crippen LogP contribution in [0.4, 0.5) is 0 Å². The normalized spacial score (nSPS) is 10.4. The van der Waals surface area contributed by atoms with Crippen LogP contribution in [0.25, 0.3) is 0 Å². The monoisotopic (exact) mass is 240 g/mol. The topological polar surface area (TPSA) is 26.3 Å². The second kappa shape index (κ2) is 7.42. The van der Waals surface area contributed by atoms with Gasteiger partial charge in [-0.2, -0.15) is 0 Å². The minimum absolute atomic E-state index is 0.293. The van der Waals surface area contributed by atoms with Crippen molar-refractivity contribution in [1.82, 2.24) is 0 Å². The van der Waals surface area contributed by atoms with Crippen LogP contribution in [0.15, 0.2) is 24.3 Å². The van der Waals surface area contributed by atoms with Crippen molar-refractivity contribution < 1.29 is 9.53 Å². The number of hydrogen-bond acceptors (Lipinski definition) is 2. The average molecular weight is 241 g/mol. The van der Waals surface area contributed by atoms with Crippen LogP contribution in [0, 0.1) is 0 Å². The zero-order chi connectivity index (χ0) is 11.8. The number of ketones is 1. The van der Waals surface area contributed by atoms with Crippen molar-refractivity contribution in [3.8, 4) is 0 Å². The second-order valence-electron chi connectivity index (χ2n) is 3.64. The molecule has 0 heterocycles. The summed E-state index contributed by atoms with van der Waals surface area (Å²) in [6.45, 7) is 3.00. The van der Waals surface area contributed by atoms with Crippen LogP contribution in [-0.4, -0.2) is 12.4 Å². The molecule has 0 radical (unpaired) electrons. The van der Waals surface area contributed by atoms with Crippen LogP contribution in [-0.2, 0) is 16.1 Å². The third-order valence-corrected chi connectivity index (χ3v) is 2.72. The fraction of sp³-hybridized carbons (Fsp3) is 0.462. The van der Waals surface area contributed by atoms with Gasteiger partial charge in [0.25, 0.3) is 0 Å². The summed E-state index contributed by atoms with van der Waals surface area (Å²) in [6.07, 6.45) is 2.01. The van der Waals surface area contributed by atoms with Crippen molar-refractivity contribution in [2.45, 2.75) is 32.8 Å². The van der Waals surface area contributed by atoms with Gasteiger partial charge in [-0.3, -0.25) is 4.79 Å². The highest BCUT2D eigenvalue weighted by Gasteiger charge is 2.00. The maximum absolute atomic E-state index is 11.0. The van der Waals surface area contributed by atoms with E-state index in [1.165, 1.54) is 0 Å². The fourth-order valence-corrected chi connectivity index (χ4v) is 1.54. The molecule has 0 aliphatic rings. The molecule has 16 heavy (non-hydrogen) atoms. The molecule has 2 nitrogen and oxygen atoms in total. The molecule has 3 heteroatoms. The van der Waals surface area contributed by atoms with E-state index in [1.807, 2.05) is 31.2 Å². The van der Waals surface area contributed by atoms with Gasteiger partial charge in [0, 0.05) is 24.5 Å². The molecule has 0 saturated heterocycles. The Kier molecular flexibility index (Phi) is 6.12. The average Bonchev–Trinajstić information content (AvgIpc) is 2.30. The Labute approximate surface area is 102 Å². The fourth-order valence-electron chi connectivity index (χ4n) is 1.35. The van der Waals surface area contributed by atoms with Crippen molar-refractivity contribution >= 4 is 17.4 Å². The Bertz CT molecular complexity index is 336. The Morgan fingerprint density at radius 2 is 2.12 bits per heavy atom. The van der Waals surface area contributed by atoms with Gasteiger partial charge in [0.05, 0.1) is 6.61 Å². The van der Waals surface area contributed by atoms with Crippen molar-refractivity contribution in [3.63, 3.8) is 0 Å². The van der Waals surface area contributed by atoms with Gasteiger partial charge in [-0.1, -0.05) is 36.7 Å². The first-order chi connectivity index (χ1) is 7.74. The Morgan fingerprint density at radius 3 is 2.81 bits per heavy atom. The van der Waals surface area contributed by atoms with Gasteiger partial charge in [0.2, 0.25) is 0 Å². The molecule has 88 valence electrons. The molecular weight excluding hydrogens is 224 g/mol. The smallest absolute Gasteiger partial charge is 0.132 e. The molecule has 1 aromatic carbocycles. The number of ether oxygens (including phenoxy) is 1. The number of Topliss-reactive ketones (excluding diaryl/α,β-unsaturated/α-hetero) is 1. The van der Waals surface area contributed by atoms with E-state index >= 15 is 0 Å². The van der Waals surface area contributed by atoms with Crippen LogP contribution in [0.1, 0.15) is 31.7 Å². The number of halogens is 1.